The summed E-state index contributed by atoms with van der Waals surface area (Å²) in [7, 11) is 0. The maximum atomic E-state index is 13.4. The van der Waals surface area contributed by atoms with Crippen LogP contribution in [0.1, 0.15) is 19.5 Å². The monoisotopic (exact) mass is 252 g/mol. The van der Waals surface area contributed by atoms with Crippen LogP contribution in [0.4, 0.5) is 10.1 Å². The van der Waals surface area contributed by atoms with Gasteiger partial charge in [-0.3, -0.25) is 4.98 Å². The number of benzene rings is 1. The molecule has 0 bridgehead atoms. The summed E-state index contributed by atoms with van der Waals surface area (Å²) in [5, 5.41) is 4.30. The van der Waals surface area contributed by atoms with Crippen LogP contribution in [0.2, 0.25) is 5.02 Å². The van der Waals surface area contributed by atoms with E-state index in [1.54, 1.807) is 0 Å². The van der Waals surface area contributed by atoms with Crippen molar-refractivity contribution in [2.24, 2.45) is 0 Å². The number of rotatable bonds is 3. The molecule has 2 rings (SSSR count). The average Bonchev–Trinajstić information content (AvgIpc) is 2.30. The summed E-state index contributed by atoms with van der Waals surface area (Å²) in [6.45, 7) is 4.80. The third-order valence-corrected chi connectivity index (χ3v) is 2.90. The SMILES string of the molecule is CCNc1cc(CC)nc2c(Cl)cc(F)cc12. The summed E-state index contributed by atoms with van der Waals surface area (Å²) in [5.74, 6) is -0.340. The van der Waals surface area contributed by atoms with Crippen LogP contribution < -0.4 is 5.32 Å². The highest BCUT2D eigenvalue weighted by Gasteiger charge is 2.09. The molecule has 0 saturated carbocycles. The topological polar surface area (TPSA) is 24.9 Å². The molecule has 2 nitrogen and oxygen atoms in total. The number of pyridine rings is 1. The molecule has 0 aliphatic rings. The molecule has 1 aromatic carbocycles. The molecule has 0 atom stereocenters. The van der Waals surface area contributed by atoms with Gasteiger partial charge in [-0.15, -0.1) is 0 Å². The Morgan fingerprint density at radius 3 is 2.71 bits per heavy atom. The molecule has 0 radical (unpaired) electrons. The number of nitrogens with zero attached hydrogens (tertiary/aromatic N) is 1. The predicted octanol–water partition coefficient (Wildman–Crippen LogP) is 4.02. The number of aryl methyl sites for hydroxylation is 1. The van der Waals surface area contributed by atoms with Gasteiger partial charge in [0.2, 0.25) is 0 Å². The van der Waals surface area contributed by atoms with Gasteiger partial charge in [0.25, 0.3) is 0 Å². The van der Waals surface area contributed by atoms with Crippen molar-refractivity contribution >= 4 is 28.2 Å². The largest absolute Gasteiger partial charge is 0.385 e. The van der Waals surface area contributed by atoms with Crippen molar-refractivity contribution < 1.29 is 4.39 Å². The van der Waals surface area contributed by atoms with E-state index >= 15 is 0 Å². The van der Waals surface area contributed by atoms with Gasteiger partial charge in [-0.2, -0.15) is 0 Å². The lowest BCUT2D eigenvalue weighted by Crippen LogP contribution is -2.01. The van der Waals surface area contributed by atoms with Gasteiger partial charge in [-0.05, 0) is 31.5 Å². The van der Waals surface area contributed by atoms with Crippen LogP contribution in [0.5, 0.6) is 0 Å². The summed E-state index contributed by atoms with van der Waals surface area (Å²) in [6, 6.07) is 4.71. The van der Waals surface area contributed by atoms with Gasteiger partial charge in [0.15, 0.2) is 0 Å². The van der Waals surface area contributed by atoms with Crippen LogP contribution in [-0.4, -0.2) is 11.5 Å². The van der Waals surface area contributed by atoms with Crippen molar-refractivity contribution in [3.05, 3.63) is 34.7 Å². The summed E-state index contributed by atoms with van der Waals surface area (Å²) in [4.78, 5) is 4.44. The van der Waals surface area contributed by atoms with Crippen LogP contribution >= 0.6 is 11.6 Å². The molecule has 0 spiro atoms. The molecule has 17 heavy (non-hydrogen) atoms. The van der Waals surface area contributed by atoms with Crippen LogP contribution in [-0.2, 0) is 6.42 Å². The summed E-state index contributed by atoms with van der Waals surface area (Å²) < 4.78 is 13.4. The van der Waals surface area contributed by atoms with E-state index in [1.165, 1.54) is 12.1 Å². The Kier molecular flexibility index (Phi) is 3.48. The lowest BCUT2D eigenvalue weighted by Gasteiger charge is -2.11. The van der Waals surface area contributed by atoms with Gasteiger partial charge < -0.3 is 5.32 Å². The normalized spacial score (nSPS) is 10.8. The lowest BCUT2D eigenvalue weighted by molar-refractivity contribution is 0.629. The number of aromatic nitrogens is 1. The highest BCUT2D eigenvalue weighted by atomic mass is 35.5. The van der Waals surface area contributed by atoms with Gasteiger partial charge in [0, 0.05) is 23.3 Å². The van der Waals surface area contributed by atoms with E-state index in [0.717, 1.165) is 29.7 Å². The van der Waals surface area contributed by atoms with E-state index < -0.39 is 0 Å². The molecule has 2 aromatic rings. The Hall–Kier alpha value is -1.35. The summed E-state index contributed by atoms with van der Waals surface area (Å²) >= 11 is 6.03. The molecule has 1 N–H and O–H groups in total. The second-order valence-electron chi connectivity index (χ2n) is 3.83. The van der Waals surface area contributed by atoms with E-state index in [9.17, 15) is 4.39 Å². The van der Waals surface area contributed by atoms with Crippen LogP contribution in [0.15, 0.2) is 18.2 Å². The second kappa shape index (κ2) is 4.88. The first kappa shape index (κ1) is 12.1. The maximum absolute atomic E-state index is 13.4. The van der Waals surface area contributed by atoms with Crippen LogP contribution in [0.25, 0.3) is 10.9 Å². The Labute approximate surface area is 105 Å². The molecule has 0 aliphatic heterocycles. The zero-order chi connectivity index (χ0) is 12.4. The summed E-state index contributed by atoms with van der Waals surface area (Å²) in [6.07, 6.45) is 0.821. The van der Waals surface area contributed by atoms with E-state index in [4.69, 9.17) is 11.6 Å². The minimum atomic E-state index is -0.340. The van der Waals surface area contributed by atoms with Gasteiger partial charge in [0.1, 0.15) is 5.82 Å². The van der Waals surface area contributed by atoms with Gasteiger partial charge in [-0.1, -0.05) is 18.5 Å². The van der Waals surface area contributed by atoms with Crippen molar-refractivity contribution in [2.45, 2.75) is 20.3 Å². The lowest BCUT2D eigenvalue weighted by atomic mass is 10.1. The number of nitrogens with one attached hydrogen (secondary N) is 1. The molecule has 90 valence electrons. The molecule has 0 aliphatic carbocycles. The first-order valence-corrected chi connectivity index (χ1v) is 6.06. The zero-order valence-electron chi connectivity index (χ0n) is 9.85. The van der Waals surface area contributed by atoms with E-state index in [0.29, 0.717) is 10.5 Å². The smallest absolute Gasteiger partial charge is 0.125 e. The van der Waals surface area contributed by atoms with Crippen molar-refractivity contribution in [2.75, 3.05) is 11.9 Å². The molecule has 0 fully saturated rings. The number of hydrogen-bond acceptors (Lipinski definition) is 2. The van der Waals surface area contributed by atoms with E-state index in [2.05, 4.69) is 10.3 Å². The minimum Gasteiger partial charge on any atom is -0.385 e. The van der Waals surface area contributed by atoms with Gasteiger partial charge >= 0.3 is 0 Å². The van der Waals surface area contributed by atoms with E-state index in [-0.39, 0.29) is 5.82 Å². The fraction of sp³-hybridized carbons (Fsp3) is 0.308. The molecular formula is C13H14ClFN2. The van der Waals surface area contributed by atoms with Crippen molar-refractivity contribution in [3.8, 4) is 0 Å². The molecule has 1 heterocycles. The minimum absolute atomic E-state index is 0.340. The van der Waals surface area contributed by atoms with E-state index in [1.807, 2.05) is 19.9 Å². The molecule has 0 unspecified atom stereocenters. The fourth-order valence-electron chi connectivity index (χ4n) is 1.82. The molecule has 0 amide bonds. The Morgan fingerprint density at radius 1 is 1.29 bits per heavy atom. The fourth-order valence-corrected chi connectivity index (χ4v) is 2.07. The second-order valence-corrected chi connectivity index (χ2v) is 4.24. The maximum Gasteiger partial charge on any atom is 0.125 e. The van der Waals surface area contributed by atoms with Crippen molar-refractivity contribution in [1.29, 1.82) is 0 Å². The molecule has 1 aromatic heterocycles. The Bertz CT molecular complexity index is 555. The zero-order valence-corrected chi connectivity index (χ0v) is 10.6. The highest BCUT2D eigenvalue weighted by molar-refractivity contribution is 6.35. The van der Waals surface area contributed by atoms with Crippen LogP contribution in [0, 0.1) is 5.82 Å². The van der Waals surface area contributed by atoms with Crippen molar-refractivity contribution in [3.63, 3.8) is 0 Å². The first-order valence-electron chi connectivity index (χ1n) is 5.68. The average molecular weight is 253 g/mol. The number of halogens is 2. The number of hydrogen-bond donors (Lipinski definition) is 1. The summed E-state index contributed by atoms with van der Waals surface area (Å²) in [5.41, 5.74) is 2.49. The standard InChI is InChI=1S/C13H14ClFN2/c1-3-9-7-12(16-4-2)10-5-8(15)6-11(14)13(10)17-9/h5-7H,3-4H2,1-2H3,(H,16,17). The highest BCUT2D eigenvalue weighted by Crippen LogP contribution is 2.29. The third-order valence-electron chi connectivity index (χ3n) is 2.61. The first-order chi connectivity index (χ1) is 8.15. The van der Waals surface area contributed by atoms with Crippen LogP contribution in [0.3, 0.4) is 0 Å². The Morgan fingerprint density at radius 2 is 2.06 bits per heavy atom. The number of fused-ring (bicyclic) bond motifs is 1. The number of anilines is 1. The van der Waals surface area contributed by atoms with Gasteiger partial charge in [-0.25, -0.2) is 4.39 Å². The molecular weight excluding hydrogens is 239 g/mol. The molecule has 0 saturated heterocycles. The molecule has 4 heteroatoms. The van der Waals surface area contributed by atoms with Crippen molar-refractivity contribution in [1.82, 2.24) is 4.98 Å². The quantitative estimate of drug-likeness (QED) is 0.892. The third kappa shape index (κ3) is 2.34. The predicted molar refractivity (Wildman–Crippen MR) is 70.3 cm³/mol. The van der Waals surface area contributed by atoms with Gasteiger partial charge in [0.05, 0.1) is 10.5 Å². The Balaban J connectivity index is 2.76.